The molecule has 1 aromatic rings. The maximum absolute atomic E-state index is 5.96. The molecule has 0 radical (unpaired) electrons. The fourth-order valence-electron chi connectivity index (χ4n) is 2.43. The van der Waals surface area contributed by atoms with E-state index in [4.69, 9.17) is 17.3 Å². The van der Waals surface area contributed by atoms with Crippen molar-refractivity contribution in [2.45, 2.75) is 32.4 Å². The quantitative estimate of drug-likeness (QED) is 0.877. The minimum Gasteiger partial charge on any atom is -0.329 e. The molecule has 1 aliphatic rings. The van der Waals surface area contributed by atoms with E-state index in [1.165, 1.54) is 30.5 Å². The third-order valence-corrected chi connectivity index (χ3v) is 3.68. The highest BCUT2D eigenvalue weighted by Gasteiger charge is 2.23. The van der Waals surface area contributed by atoms with Gasteiger partial charge in [0.2, 0.25) is 0 Å². The van der Waals surface area contributed by atoms with Gasteiger partial charge in [-0.3, -0.25) is 4.90 Å². The van der Waals surface area contributed by atoms with Crippen molar-refractivity contribution in [3.05, 3.63) is 34.3 Å². The molecule has 0 aromatic heterocycles. The smallest absolute Gasteiger partial charge is 0.0408 e. The van der Waals surface area contributed by atoms with Gasteiger partial charge in [0, 0.05) is 24.2 Å². The molecule has 0 amide bonds. The Hall–Kier alpha value is -0.570. The number of benzene rings is 1. The molecular weight excluding hydrogens is 220 g/mol. The van der Waals surface area contributed by atoms with Gasteiger partial charge in [-0.1, -0.05) is 17.7 Å². The van der Waals surface area contributed by atoms with E-state index in [0.717, 1.165) is 18.1 Å². The van der Waals surface area contributed by atoms with Gasteiger partial charge in [0.25, 0.3) is 0 Å². The van der Waals surface area contributed by atoms with E-state index in [-0.39, 0.29) is 0 Å². The Kier molecular flexibility index (Phi) is 3.85. The maximum atomic E-state index is 5.96. The normalized spacial score (nSPS) is 21.6. The van der Waals surface area contributed by atoms with Crippen LogP contribution in [0.3, 0.4) is 0 Å². The van der Waals surface area contributed by atoms with Gasteiger partial charge in [0.05, 0.1) is 0 Å². The number of hydrogen-bond donors (Lipinski definition) is 1. The van der Waals surface area contributed by atoms with E-state index in [9.17, 15) is 0 Å². The number of halogens is 1. The second-order valence-electron chi connectivity index (χ2n) is 4.57. The number of likely N-dealkylation sites (tertiary alicyclic amines) is 1. The Morgan fingerprint density at radius 2 is 2.31 bits per heavy atom. The predicted molar refractivity (Wildman–Crippen MR) is 68.7 cm³/mol. The van der Waals surface area contributed by atoms with E-state index < -0.39 is 0 Å². The van der Waals surface area contributed by atoms with Crippen LogP contribution in [-0.2, 0) is 6.54 Å². The Bertz CT molecular complexity index is 365. The largest absolute Gasteiger partial charge is 0.329 e. The van der Waals surface area contributed by atoms with E-state index in [1.807, 2.05) is 12.1 Å². The Balaban J connectivity index is 2.08. The van der Waals surface area contributed by atoms with Gasteiger partial charge in [-0.2, -0.15) is 0 Å². The molecule has 1 aliphatic heterocycles. The first-order chi connectivity index (χ1) is 7.70. The number of rotatable bonds is 3. The first-order valence-corrected chi connectivity index (χ1v) is 6.27. The molecule has 1 saturated heterocycles. The average Bonchev–Trinajstić information content (AvgIpc) is 2.69. The monoisotopic (exact) mass is 238 g/mol. The lowest BCUT2D eigenvalue weighted by Gasteiger charge is -2.24. The highest BCUT2D eigenvalue weighted by Crippen LogP contribution is 2.22. The molecule has 0 saturated carbocycles. The average molecular weight is 239 g/mol. The summed E-state index contributed by atoms with van der Waals surface area (Å²) in [7, 11) is 0. The summed E-state index contributed by atoms with van der Waals surface area (Å²) in [6.07, 6.45) is 2.51. The summed E-state index contributed by atoms with van der Waals surface area (Å²) >= 11 is 5.96. The van der Waals surface area contributed by atoms with Gasteiger partial charge in [-0.25, -0.2) is 0 Å². The van der Waals surface area contributed by atoms with E-state index in [1.54, 1.807) is 0 Å². The lowest BCUT2D eigenvalue weighted by Crippen LogP contribution is -2.35. The van der Waals surface area contributed by atoms with Gasteiger partial charge >= 0.3 is 0 Å². The fraction of sp³-hybridized carbons (Fsp3) is 0.538. The van der Waals surface area contributed by atoms with Crippen LogP contribution in [-0.4, -0.2) is 24.0 Å². The van der Waals surface area contributed by atoms with E-state index >= 15 is 0 Å². The topological polar surface area (TPSA) is 29.3 Å². The van der Waals surface area contributed by atoms with Crippen molar-refractivity contribution in [3.63, 3.8) is 0 Å². The van der Waals surface area contributed by atoms with Crippen molar-refractivity contribution >= 4 is 11.6 Å². The number of aryl methyl sites for hydroxylation is 1. The molecule has 1 aromatic carbocycles. The first kappa shape index (κ1) is 11.9. The molecular formula is C13H19ClN2. The zero-order valence-electron chi connectivity index (χ0n) is 9.75. The SMILES string of the molecule is Cc1cc(Cl)ccc1CN1CCCC1CN. The van der Waals surface area contributed by atoms with Crippen LogP contribution in [0, 0.1) is 6.92 Å². The van der Waals surface area contributed by atoms with Crippen LogP contribution in [0.25, 0.3) is 0 Å². The van der Waals surface area contributed by atoms with Gasteiger partial charge in [-0.05, 0) is 49.6 Å². The van der Waals surface area contributed by atoms with Crippen LogP contribution in [0.1, 0.15) is 24.0 Å². The molecule has 3 heteroatoms. The summed E-state index contributed by atoms with van der Waals surface area (Å²) in [4.78, 5) is 2.48. The van der Waals surface area contributed by atoms with Gasteiger partial charge < -0.3 is 5.73 Å². The molecule has 0 aliphatic carbocycles. The first-order valence-electron chi connectivity index (χ1n) is 5.90. The lowest BCUT2D eigenvalue weighted by atomic mass is 10.1. The molecule has 1 heterocycles. The molecule has 1 unspecified atom stereocenters. The van der Waals surface area contributed by atoms with Crippen LogP contribution >= 0.6 is 11.6 Å². The van der Waals surface area contributed by atoms with Crippen molar-refractivity contribution < 1.29 is 0 Å². The summed E-state index contributed by atoms with van der Waals surface area (Å²) in [5.41, 5.74) is 8.42. The molecule has 16 heavy (non-hydrogen) atoms. The third kappa shape index (κ3) is 2.57. The Labute approximate surface area is 102 Å². The fourth-order valence-corrected chi connectivity index (χ4v) is 2.65. The van der Waals surface area contributed by atoms with Crippen LogP contribution < -0.4 is 5.73 Å². The third-order valence-electron chi connectivity index (χ3n) is 3.45. The summed E-state index contributed by atoms with van der Waals surface area (Å²) in [6.45, 7) is 5.07. The zero-order chi connectivity index (χ0) is 11.5. The number of hydrogen-bond acceptors (Lipinski definition) is 2. The lowest BCUT2D eigenvalue weighted by molar-refractivity contribution is 0.250. The minimum absolute atomic E-state index is 0.565. The second kappa shape index (κ2) is 5.17. The highest BCUT2D eigenvalue weighted by molar-refractivity contribution is 6.30. The van der Waals surface area contributed by atoms with Gasteiger partial charge in [0.1, 0.15) is 0 Å². The molecule has 2 rings (SSSR count). The highest BCUT2D eigenvalue weighted by atomic mass is 35.5. The number of nitrogens with zero attached hydrogens (tertiary/aromatic N) is 1. The number of nitrogens with two attached hydrogens (primary N) is 1. The summed E-state index contributed by atoms with van der Waals surface area (Å²) in [5.74, 6) is 0. The van der Waals surface area contributed by atoms with Crippen molar-refractivity contribution in [1.82, 2.24) is 4.90 Å². The molecule has 1 fully saturated rings. The molecule has 1 atom stereocenters. The van der Waals surface area contributed by atoms with Crippen molar-refractivity contribution in [3.8, 4) is 0 Å². The van der Waals surface area contributed by atoms with Crippen molar-refractivity contribution in [2.75, 3.05) is 13.1 Å². The minimum atomic E-state index is 0.565. The predicted octanol–water partition coefficient (Wildman–Crippen LogP) is 2.57. The van der Waals surface area contributed by atoms with Crippen LogP contribution in [0.2, 0.25) is 5.02 Å². The molecule has 2 N–H and O–H groups in total. The van der Waals surface area contributed by atoms with Crippen LogP contribution in [0.5, 0.6) is 0 Å². The second-order valence-corrected chi connectivity index (χ2v) is 5.01. The summed E-state index contributed by atoms with van der Waals surface area (Å²) in [5, 5.41) is 0.818. The molecule has 88 valence electrons. The van der Waals surface area contributed by atoms with E-state index in [0.29, 0.717) is 6.04 Å². The van der Waals surface area contributed by atoms with Crippen LogP contribution in [0.4, 0.5) is 0 Å². The molecule has 2 nitrogen and oxygen atoms in total. The Morgan fingerprint density at radius 3 is 3.00 bits per heavy atom. The zero-order valence-corrected chi connectivity index (χ0v) is 10.5. The molecule has 0 spiro atoms. The van der Waals surface area contributed by atoms with Crippen molar-refractivity contribution in [1.29, 1.82) is 0 Å². The van der Waals surface area contributed by atoms with Gasteiger partial charge in [-0.15, -0.1) is 0 Å². The Morgan fingerprint density at radius 1 is 1.50 bits per heavy atom. The van der Waals surface area contributed by atoms with Gasteiger partial charge in [0.15, 0.2) is 0 Å². The summed E-state index contributed by atoms with van der Waals surface area (Å²) < 4.78 is 0. The standard InChI is InChI=1S/C13H19ClN2/c1-10-7-12(14)5-4-11(10)9-16-6-2-3-13(16)8-15/h4-5,7,13H,2-3,6,8-9,15H2,1H3. The van der Waals surface area contributed by atoms with Crippen molar-refractivity contribution in [2.24, 2.45) is 5.73 Å². The maximum Gasteiger partial charge on any atom is 0.0408 e. The molecule has 0 bridgehead atoms. The van der Waals surface area contributed by atoms with E-state index in [2.05, 4.69) is 17.9 Å². The summed E-state index contributed by atoms with van der Waals surface area (Å²) in [6, 6.07) is 6.70. The van der Waals surface area contributed by atoms with Crippen LogP contribution in [0.15, 0.2) is 18.2 Å².